The number of amides is 1. The number of carbonyl (C=O) groups is 1. The maximum Gasteiger partial charge on any atom is 0.255 e. The molecule has 148 valence electrons. The first-order valence-corrected chi connectivity index (χ1v) is 9.47. The fourth-order valence-electron chi connectivity index (χ4n) is 3.60. The van der Waals surface area contributed by atoms with Crippen LogP contribution in [-0.4, -0.2) is 15.7 Å². The summed E-state index contributed by atoms with van der Waals surface area (Å²) in [6.45, 7) is 6.42. The van der Waals surface area contributed by atoms with Crippen molar-refractivity contribution in [1.82, 2.24) is 15.1 Å². The molecule has 1 amide bonds. The minimum atomic E-state index is -0.311. The van der Waals surface area contributed by atoms with Gasteiger partial charge in [0.25, 0.3) is 5.91 Å². The fraction of sp³-hybridized carbons (Fsp3) is 0.217. The summed E-state index contributed by atoms with van der Waals surface area (Å²) in [4.78, 5) is 12.8. The number of aryl methyl sites for hydroxylation is 2. The van der Waals surface area contributed by atoms with Gasteiger partial charge in [-0.25, -0.2) is 4.39 Å². The summed E-state index contributed by atoms with van der Waals surface area (Å²) in [5, 5.41) is 8.16. The van der Waals surface area contributed by atoms with E-state index in [1.54, 1.807) is 6.07 Å². The van der Waals surface area contributed by atoms with E-state index in [9.17, 15) is 9.18 Å². The summed E-state index contributed by atoms with van der Waals surface area (Å²) >= 11 is 0. The van der Waals surface area contributed by atoms with Gasteiger partial charge in [-0.1, -0.05) is 30.3 Å². The molecule has 0 atom stereocenters. The molecule has 0 fully saturated rings. The zero-order chi connectivity index (χ0) is 20.5. The molecule has 2 aromatic carbocycles. The van der Waals surface area contributed by atoms with Crippen LogP contribution in [0, 0.1) is 26.6 Å². The summed E-state index contributed by atoms with van der Waals surface area (Å²) in [6.07, 6.45) is 0. The molecule has 6 heteroatoms. The second-order valence-electron chi connectivity index (χ2n) is 7.16. The van der Waals surface area contributed by atoms with Crippen LogP contribution in [0.2, 0.25) is 0 Å². The van der Waals surface area contributed by atoms with E-state index in [0.717, 1.165) is 22.2 Å². The number of rotatable bonds is 5. The monoisotopic (exact) mass is 391 g/mol. The lowest BCUT2D eigenvalue weighted by Gasteiger charge is -2.07. The first-order valence-electron chi connectivity index (χ1n) is 9.47. The Kier molecular flexibility index (Phi) is 4.92. The van der Waals surface area contributed by atoms with Crippen molar-refractivity contribution in [2.75, 3.05) is 0 Å². The molecule has 29 heavy (non-hydrogen) atoms. The molecule has 2 heterocycles. The van der Waals surface area contributed by atoms with Crippen molar-refractivity contribution in [2.24, 2.45) is 0 Å². The van der Waals surface area contributed by atoms with Gasteiger partial charge >= 0.3 is 0 Å². The third kappa shape index (κ3) is 3.66. The van der Waals surface area contributed by atoms with Crippen LogP contribution in [0.1, 0.15) is 38.6 Å². The van der Waals surface area contributed by atoms with E-state index in [0.29, 0.717) is 29.1 Å². The number of furan rings is 1. The molecule has 0 saturated carbocycles. The molecule has 4 aromatic rings. The molecule has 0 saturated heterocycles. The van der Waals surface area contributed by atoms with Crippen molar-refractivity contribution in [2.45, 2.75) is 33.9 Å². The Morgan fingerprint density at radius 2 is 1.90 bits per heavy atom. The van der Waals surface area contributed by atoms with Gasteiger partial charge in [0.2, 0.25) is 0 Å². The van der Waals surface area contributed by atoms with E-state index in [2.05, 4.69) is 10.4 Å². The predicted octanol–water partition coefficient (Wildman–Crippen LogP) is 4.67. The normalized spacial score (nSPS) is 11.2. The number of halogens is 1. The number of carbonyl (C=O) groups excluding carboxylic acids is 1. The summed E-state index contributed by atoms with van der Waals surface area (Å²) in [5.41, 5.74) is 4.62. The summed E-state index contributed by atoms with van der Waals surface area (Å²) in [5.74, 6) is 0.102. The minimum Gasteiger partial charge on any atom is -0.459 e. The van der Waals surface area contributed by atoms with E-state index < -0.39 is 0 Å². The number of hydrogen-bond donors (Lipinski definition) is 1. The van der Waals surface area contributed by atoms with Crippen LogP contribution in [-0.2, 0) is 13.1 Å². The Bertz CT molecular complexity index is 1190. The molecule has 0 aliphatic heterocycles. The maximum absolute atomic E-state index is 13.5. The highest BCUT2D eigenvalue weighted by atomic mass is 19.1. The van der Waals surface area contributed by atoms with Gasteiger partial charge in [0.1, 0.15) is 17.2 Å². The average molecular weight is 391 g/mol. The SMILES string of the molecule is Cc1nn(Cc2ccccc2)c(C)c1C(=O)NCc1oc2ccc(F)cc2c1C. The number of aromatic nitrogens is 2. The lowest BCUT2D eigenvalue weighted by Crippen LogP contribution is -2.24. The molecule has 4 rings (SSSR count). The van der Waals surface area contributed by atoms with Crippen molar-refractivity contribution >= 4 is 16.9 Å². The smallest absolute Gasteiger partial charge is 0.255 e. The highest BCUT2D eigenvalue weighted by Crippen LogP contribution is 2.26. The van der Waals surface area contributed by atoms with Gasteiger partial charge in [0.05, 0.1) is 24.3 Å². The zero-order valence-electron chi connectivity index (χ0n) is 16.6. The standard InChI is InChI=1S/C23H22FN3O2/c1-14-19-11-18(24)9-10-20(19)29-21(14)12-25-23(28)22-15(2)26-27(16(22)3)13-17-7-5-4-6-8-17/h4-11H,12-13H2,1-3H3,(H,25,28). The third-order valence-electron chi connectivity index (χ3n) is 5.19. The maximum atomic E-state index is 13.5. The molecule has 1 N–H and O–H groups in total. The molecule has 0 aliphatic carbocycles. The van der Waals surface area contributed by atoms with Crippen LogP contribution in [0.5, 0.6) is 0 Å². The first kappa shape index (κ1) is 18.9. The van der Waals surface area contributed by atoms with E-state index in [4.69, 9.17) is 4.42 Å². The van der Waals surface area contributed by atoms with Crippen molar-refractivity contribution < 1.29 is 13.6 Å². The van der Waals surface area contributed by atoms with Gasteiger partial charge < -0.3 is 9.73 Å². The second-order valence-corrected chi connectivity index (χ2v) is 7.16. The fourth-order valence-corrected chi connectivity index (χ4v) is 3.60. The summed E-state index contributed by atoms with van der Waals surface area (Å²) < 4.78 is 21.1. The van der Waals surface area contributed by atoms with Crippen molar-refractivity contribution in [3.8, 4) is 0 Å². The van der Waals surface area contributed by atoms with Gasteiger partial charge in [-0.05, 0) is 44.5 Å². The first-order chi connectivity index (χ1) is 13.9. The number of fused-ring (bicyclic) bond motifs is 1. The van der Waals surface area contributed by atoms with Crippen LogP contribution in [0.25, 0.3) is 11.0 Å². The van der Waals surface area contributed by atoms with Gasteiger partial charge in [0, 0.05) is 16.6 Å². The highest BCUT2D eigenvalue weighted by Gasteiger charge is 2.20. The largest absolute Gasteiger partial charge is 0.459 e. The molecule has 0 spiro atoms. The topological polar surface area (TPSA) is 60.1 Å². The highest BCUT2D eigenvalue weighted by molar-refractivity contribution is 5.96. The number of benzene rings is 2. The molecule has 0 unspecified atom stereocenters. The van der Waals surface area contributed by atoms with Crippen molar-refractivity contribution in [1.29, 1.82) is 0 Å². The molecular weight excluding hydrogens is 369 g/mol. The van der Waals surface area contributed by atoms with Crippen molar-refractivity contribution in [3.05, 3.63) is 88.2 Å². The number of nitrogens with one attached hydrogen (secondary N) is 1. The molecule has 2 aromatic heterocycles. The van der Waals surface area contributed by atoms with Crippen LogP contribution in [0.4, 0.5) is 4.39 Å². The van der Waals surface area contributed by atoms with Crippen LogP contribution in [0.15, 0.2) is 52.9 Å². The van der Waals surface area contributed by atoms with Gasteiger partial charge in [-0.2, -0.15) is 5.10 Å². The summed E-state index contributed by atoms with van der Waals surface area (Å²) in [7, 11) is 0. The van der Waals surface area contributed by atoms with Crippen LogP contribution < -0.4 is 5.32 Å². The van der Waals surface area contributed by atoms with Gasteiger partial charge in [-0.15, -0.1) is 0 Å². The quantitative estimate of drug-likeness (QED) is 0.538. The van der Waals surface area contributed by atoms with Crippen LogP contribution >= 0.6 is 0 Å². The van der Waals surface area contributed by atoms with E-state index in [1.807, 2.05) is 55.8 Å². The Balaban J connectivity index is 1.52. The van der Waals surface area contributed by atoms with E-state index in [1.165, 1.54) is 12.1 Å². The van der Waals surface area contributed by atoms with Crippen molar-refractivity contribution in [3.63, 3.8) is 0 Å². The summed E-state index contributed by atoms with van der Waals surface area (Å²) in [6, 6.07) is 14.4. The zero-order valence-corrected chi connectivity index (χ0v) is 16.6. The Hall–Kier alpha value is -3.41. The van der Waals surface area contributed by atoms with E-state index >= 15 is 0 Å². The number of nitrogens with zero attached hydrogens (tertiary/aromatic N) is 2. The Labute approximate surface area is 168 Å². The lowest BCUT2D eigenvalue weighted by molar-refractivity contribution is 0.0947. The minimum absolute atomic E-state index is 0.203. The third-order valence-corrected chi connectivity index (χ3v) is 5.19. The second kappa shape index (κ2) is 7.54. The Morgan fingerprint density at radius 3 is 2.66 bits per heavy atom. The molecule has 0 bridgehead atoms. The van der Waals surface area contributed by atoms with Crippen LogP contribution in [0.3, 0.4) is 0 Å². The molecule has 0 aliphatic rings. The van der Waals surface area contributed by atoms with Gasteiger partial charge in [-0.3, -0.25) is 9.48 Å². The Morgan fingerprint density at radius 1 is 1.14 bits per heavy atom. The average Bonchev–Trinajstić information content (AvgIpc) is 3.16. The van der Waals surface area contributed by atoms with E-state index in [-0.39, 0.29) is 18.3 Å². The lowest BCUT2D eigenvalue weighted by atomic mass is 10.1. The molecular formula is C23H22FN3O2. The molecule has 0 radical (unpaired) electrons. The predicted molar refractivity (Wildman–Crippen MR) is 109 cm³/mol. The number of hydrogen-bond acceptors (Lipinski definition) is 3. The molecule has 5 nitrogen and oxygen atoms in total. The van der Waals surface area contributed by atoms with Gasteiger partial charge in [0.15, 0.2) is 0 Å².